The van der Waals surface area contributed by atoms with Gasteiger partial charge in [0.05, 0.1) is 18.0 Å². The molecule has 1 N–H and O–H groups in total. The third kappa shape index (κ3) is 1.16. The second-order valence-electron chi connectivity index (χ2n) is 2.19. The molecule has 0 bridgehead atoms. The summed E-state index contributed by atoms with van der Waals surface area (Å²) in [6.45, 7) is 1.45. The normalized spacial score (nSPS) is 38.2. The van der Waals surface area contributed by atoms with E-state index in [9.17, 15) is 0 Å². The van der Waals surface area contributed by atoms with Crippen LogP contribution in [0, 0.1) is 0 Å². The predicted octanol–water partition coefficient (Wildman–Crippen LogP) is 0.0676. The summed E-state index contributed by atoms with van der Waals surface area (Å²) in [5.41, 5.74) is 0. The fourth-order valence-corrected chi connectivity index (χ4v) is 0.904. The van der Waals surface area contributed by atoms with Crippen LogP contribution in [0.3, 0.4) is 0 Å². The smallest absolute Gasteiger partial charge is 0.0633 e. The molecule has 48 valence electrons. The second kappa shape index (κ2) is 2.25. The van der Waals surface area contributed by atoms with Crippen LogP contribution in [0.4, 0.5) is 0 Å². The van der Waals surface area contributed by atoms with Gasteiger partial charge < -0.3 is 9.84 Å². The summed E-state index contributed by atoms with van der Waals surface area (Å²) < 4.78 is 4.78. The molecule has 1 aliphatic rings. The molecule has 1 unspecified atom stereocenters. The van der Waals surface area contributed by atoms with Gasteiger partial charge in [-0.3, -0.25) is 0 Å². The molecule has 3 heteroatoms. The van der Waals surface area contributed by atoms with Gasteiger partial charge in [0, 0.05) is 6.61 Å². The van der Waals surface area contributed by atoms with Crippen LogP contribution in [-0.2, 0) is 4.74 Å². The molecule has 1 atom stereocenters. The molecule has 1 rings (SSSR count). The Morgan fingerprint density at radius 1 is 1.75 bits per heavy atom. The first-order chi connectivity index (χ1) is 3.77. The highest BCUT2D eigenvalue weighted by Gasteiger charge is 2.29. The van der Waals surface area contributed by atoms with E-state index in [2.05, 4.69) is 12.6 Å². The van der Waals surface area contributed by atoms with E-state index in [-0.39, 0.29) is 11.4 Å². The first-order valence-corrected chi connectivity index (χ1v) is 3.13. The second-order valence-corrected chi connectivity index (χ2v) is 3.13. The van der Waals surface area contributed by atoms with Gasteiger partial charge in [0.25, 0.3) is 0 Å². The molecule has 0 aromatic heterocycles. The lowest BCUT2D eigenvalue weighted by molar-refractivity contribution is 0.172. The highest BCUT2D eigenvalue weighted by Crippen LogP contribution is 2.24. The zero-order chi connectivity index (χ0) is 6.04. The monoisotopic (exact) mass is 134 g/mol. The first kappa shape index (κ1) is 6.39. The van der Waals surface area contributed by atoms with Gasteiger partial charge in [0.1, 0.15) is 0 Å². The fourth-order valence-electron chi connectivity index (χ4n) is 0.721. The summed E-state index contributed by atoms with van der Waals surface area (Å²) in [6, 6.07) is 0. The minimum absolute atomic E-state index is 0.121. The molecule has 1 aliphatic heterocycles. The minimum Gasteiger partial charge on any atom is -0.395 e. The van der Waals surface area contributed by atoms with E-state index in [4.69, 9.17) is 9.84 Å². The average molecular weight is 134 g/mol. The molecule has 0 aromatic rings. The van der Waals surface area contributed by atoms with Crippen molar-refractivity contribution in [1.82, 2.24) is 0 Å². The molecular weight excluding hydrogens is 124 g/mol. The molecule has 0 radical (unpaired) electrons. The van der Waals surface area contributed by atoms with Crippen LogP contribution in [0.25, 0.3) is 0 Å². The Hall–Kier alpha value is 0.270. The van der Waals surface area contributed by atoms with Crippen LogP contribution in [0.1, 0.15) is 6.42 Å². The van der Waals surface area contributed by atoms with Gasteiger partial charge in [-0.1, -0.05) is 0 Å². The van der Waals surface area contributed by atoms with Crippen LogP contribution in [0.5, 0.6) is 0 Å². The van der Waals surface area contributed by atoms with Crippen molar-refractivity contribution < 1.29 is 9.84 Å². The molecule has 0 aliphatic carbocycles. The van der Waals surface area contributed by atoms with Crippen LogP contribution >= 0.6 is 12.6 Å². The zero-order valence-corrected chi connectivity index (χ0v) is 5.53. The average Bonchev–Trinajstić information content (AvgIpc) is 2.17. The van der Waals surface area contributed by atoms with E-state index in [1.807, 2.05) is 0 Å². The Balaban J connectivity index is 2.40. The van der Waals surface area contributed by atoms with Gasteiger partial charge >= 0.3 is 0 Å². The third-order valence-electron chi connectivity index (χ3n) is 1.38. The topological polar surface area (TPSA) is 29.5 Å². The van der Waals surface area contributed by atoms with Crippen molar-refractivity contribution >= 4 is 12.6 Å². The van der Waals surface area contributed by atoms with Gasteiger partial charge in [-0.05, 0) is 6.42 Å². The van der Waals surface area contributed by atoms with Gasteiger partial charge in [-0.2, -0.15) is 12.6 Å². The van der Waals surface area contributed by atoms with Crippen molar-refractivity contribution in [3.63, 3.8) is 0 Å². The highest BCUT2D eigenvalue weighted by atomic mass is 32.1. The summed E-state index contributed by atoms with van der Waals surface area (Å²) in [5, 5.41) is 8.67. The number of rotatable bonds is 1. The Labute approximate surface area is 54.3 Å². The molecular formula is C5H10O2S. The molecule has 0 spiro atoms. The van der Waals surface area contributed by atoms with E-state index in [0.29, 0.717) is 6.61 Å². The Morgan fingerprint density at radius 3 is 2.75 bits per heavy atom. The van der Waals surface area contributed by atoms with E-state index >= 15 is 0 Å². The lowest BCUT2D eigenvalue weighted by atomic mass is 10.1. The van der Waals surface area contributed by atoms with Crippen molar-refractivity contribution in [3.8, 4) is 0 Å². The SMILES string of the molecule is OCC1(S)CCOC1. The quantitative estimate of drug-likeness (QED) is 0.497. The van der Waals surface area contributed by atoms with Crippen molar-refractivity contribution in [3.05, 3.63) is 0 Å². The van der Waals surface area contributed by atoms with E-state index < -0.39 is 0 Å². The van der Waals surface area contributed by atoms with Gasteiger partial charge in [-0.25, -0.2) is 0 Å². The zero-order valence-electron chi connectivity index (χ0n) is 4.63. The van der Waals surface area contributed by atoms with E-state index in [1.165, 1.54) is 0 Å². The standard InChI is InChI=1S/C5H10O2S/c6-3-5(8)1-2-7-4-5/h6,8H,1-4H2. The van der Waals surface area contributed by atoms with Crippen LogP contribution in [0.15, 0.2) is 0 Å². The van der Waals surface area contributed by atoms with Gasteiger partial charge in [0.15, 0.2) is 0 Å². The number of aliphatic hydroxyl groups excluding tert-OH is 1. The molecule has 8 heavy (non-hydrogen) atoms. The summed E-state index contributed by atoms with van der Waals surface area (Å²) in [5.74, 6) is 0. The lowest BCUT2D eigenvalue weighted by Gasteiger charge is -2.15. The molecule has 0 amide bonds. The number of hydrogen-bond donors (Lipinski definition) is 2. The fraction of sp³-hybridized carbons (Fsp3) is 1.00. The van der Waals surface area contributed by atoms with Crippen LogP contribution in [0.2, 0.25) is 0 Å². The highest BCUT2D eigenvalue weighted by molar-refractivity contribution is 7.81. The first-order valence-electron chi connectivity index (χ1n) is 2.68. The largest absolute Gasteiger partial charge is 0.395 e. The maximum Gasteiger partial charge on any atom is 0.0633 e. The van der Waals surface area contributed by atoms with E-state index in [0.717, 1.165) is 13.0 Å². The van der Waals surface area contributed by atoms with Crippen LogP contribution in [-0.4, -0.2) is 29.7 Å². The Kier molecular flexibility index (Phi) is 1.80. The Bertz CT molecular complexity index is 78.5. The molecule has 1 heterocycles. The Morgan fingerprint density at radius 2 is 2.50 bits per heavy atom. The minimum atomic E-state index is -0.236. The molecule has 0 saturated carbocycles. The van der Waals surface area contributed by atoms with Crippen molar-refractivity contribution in [2.75, 3.05) is 19.8 Å². The maximum absolute atomic E-state index is 8.67. The number of aliphatic hydroxyl groups is 1. The molecule has 1 saturated heterocycles. The van der Waals surface area contributed by atoms with Gasteiger partial charge in [0.2, 0.25) is 0 Å². The maximum atomic E-state index is 8.67. The number of hydrogen-bond acceptors (Lipinski definition) is 3. The lowest BCUT2D eigenvalue weighted by Crippen LogP contribution is -2.26. The van der Waals surface area contributed by atoms with Gasteiger partial charge in [-0.15, -0.1) is 0 Å². The third-order valence-corrected chi connectivity index (χ3v) is 1.87. The van der Waals surface area contributed by atoms with Crippen LogP contribution < -0.4 is 0 Å². The van der Waals surface area contributed by atoms with Crippen molar-refractivity contribution in [2.45, 2.75) is 11.2 Å². The summed E-state index contributed by atoms with van der Waals surface area (Å²) >= 11 is 4.21. The predicted molar refractivity (Wildman–Crippen MR) is 34.2 cm³/mol. The molecule has 2 nitrogen and oxygen atoms in total. The number of thiol groups is 1. The molecule has 0 aromatic carbocycles. The van der Waals surface area contributed by atoms with E-state index in [1.54, 1.807) is 0 Å². The summed E-state index contributed by atoms with van der Waals surface area (Å²) in [6.07, 6.45) is 0.868. The molecule has 1 fully saturated rings. The van der Waals surface area contributed by atoms with Crippen molar-refractivity contribution in [2.24, 2.45) is 0 Å². The number of ether oxygens (including phenoxy) is 1. The summed E-state index contributed by atoms with van der Waals surface area (Å²) in [7, 11) is 0. The van der Waals surface area contributed by atoms with Crippen molar-refractivity contribution in [1.29, 1.82) is 0 Å². The summed E-state index contributed by atoms with van der Waals surface area (Å²) in [4.78, 5) is 0.